The molecule has 1 aromatic heterocycles. The van der Waals surface area contributed by atoms with Gasteiger partial charge in [0, 0.05) is 20.4 Å². The number of aromatic nitrogens is 2. The van der Waals surface area contributed by atoms with Gasteiger partial charge in [0.15, 0.2) is 5.82 Å². The highest BCUT2D eigenvalue weighted by Crippen LogP contribution is 2.29. The minimum atomic E-state index is -0.149. The first-order valence-corrected chi connectivity index (χ1v) is 5.40. The van der Waals surface area contributed by atoms with Crippen LogP contribution in [0, 0.1) is 0 Å². The maximum absolute atomic E-state index is 11.4. The van der Waals surface area contributed by atoms with Crippen molar-refractivity contribution < 1.29 is 14.1 Å². The van der Waals surface area contributed by atoms with Crippen LogP contribution < -0.4 is 5.32 Å². The van der Waals surface area contributed by atoms with Gasteiger partial charge in [-0.2, -0.15) is 4.98 Å². The van der Waals surface area contributed by atoms with Crippen molar-refractivity contribution in [1.29, 1.82) is 0 Å². The number of hydrogen-bond donors (Lipinski definition) is 1. The Kier molecular flexibility index (Phi) is 3.08. The van der Waals surface area contributed by atoms with Crippen LogP contribution >= 0.6 is 0 Å². The molecule has 1 aliphatic rings. The van der Waals surface area contributed by atoms with Gasteiger partial charge in [-0.05, 0) is 6.42 Å². The van der Waals surface area contributed by atoms with Crippen LogP contribution in [0.3, 0.4) is 0 Å². The molecule has 0 aliphatic carbocycles. The van der Waals surface area contributed by atoms with Crippen molar-refractivity contribution in [3.63, 3.8) is 0 Å². The summed E-state index contributed by atoms with van der Waals surface area (Å²) in [5.41, 5.74) is 0. The molecule has 17 heavy (non-hydrogen) atoms. The second-order valence-corrected chi connectivity index (χ2v) is 4.02. The fraction of sp³-hybridized carbons (Fsp3) is 0.600. The zero-order valence-corrected chi connectivity index (χ0v) is 9.77. The fourth-order valence-corrected chi connectivity index (χ4v) is 1.77. The molecule has 2 amide bonds. The third-order valence-electron chi connectivity index (χ3n) is 2.76. The smallest absolute Gasteiger partial charge is 0.249 e. The van der Waals surface area contributed by atoms with Crippen LogP contribution in [0.2, 0.25) is 0 Å². The number of nitrogens with zero attached hydrogens (tertiary/aromatic N) is 3. The minimum Gasteiger partial charge on any atom is -0.349 e. The maximum Gasteiger partial charge on any atom is 0.249 e. The van der Waals surface area contributed by atoms with E-state index in [2.05, 4.69) is 15.5 Å². The van der Waals surface area contributed by atoms with Gasteiger partial charge in [-0.3, -0.25) is 9.59 Å². The highest BCUT2D eigenvalue weighted by molar-refractivity contribution is 5.78. The van der Waals surface area contributed by atoms with E-state index < -0.39 is 0 Å². The van der Waals surface area contributed by atoms with E-state index in [1.165, 1.54) is 6.92 Å². The average Bonchev–Trinajstić information content (AvgIpc) is 2.85. The van der Waals surface area contributed by atoms with Gasteiger partial charge in [-0.1, -0.05) is 5.16 Å². The predicted octanol–water partition coefficient (Wildman–Crippen LogP) is -0.00100. The van der Waals surface area contributed by atoms with Crippen LogP contribution in [0.1, 0.15) is 37.5 Å². The average molecular weight is 238 g/mol. The number of nitrogens with one attached hydrogen (secondary N) is 1. The Balaban J connectivity index is 2.03. The molecule has 7 nitrogen and oxygen atoms in total. The monoisotopic (exact) mass is 238 g/mol. The van der Waals surface area contributed by atoms with Crippen LogP contribution in [0.5, 0.6) is 0 Å². The van der Waals surface area contributed by atoms with E-state index in [0.29, 0.717) is 24.6 Å². The molecule has 0 aromatic carbocycles. The van der Waals surface area contributed by atoms with E-state index in [-0.39, 0.29) is 24.4 Å². The molecule has 1 fully saturated rings. The minimum absolute atomic E-state index is 0.0802. The first-order valence-electron chi connectivity index (χ1n) is 5.40. The fourth-order valence-electron chi connectivity index (χ4n) is 1.77. The topological polar surface area (TPSA) is 88.3 Å². The zero-order chi connectivity index (χ0) is 12.4. The Morgan fingerprint density at radius 2 is 2.41 bits per heavy atom. The summed E-state index contributed by atoms with van der Waals surface area (Å²) >= 11 is 0. The lowest BCUT2D eigenvalue weighted by Crippen LogP contribution is -2.23. The van der Waals surface area contributed by atoms with Crippen LogP contribution in [0.25, 0.3) is 0 Å². The molecule has 1 aromatic rings. The zero-order valence-electron chi connectivity index (χ0n) is 9.77. The van der Waals surface area contributed by atoms with Gasteiger partial charge in [0.2, 0.25) is 17.7 Å². The van der Waals surface area contributed by atoms with Crippen molar-refractivity contribution in [3.8, 4) is 0 Å². The highest BCUT2D eigenvalue weighted by atomic mass is 16.5. The van der Waals surface area contributed by atoms with E-state index in [9.17, 15) is 9.59 Å². The Hall–Kier alpha value is -1.92. The molecule has 2 rings (SSSR count). The van der Waals surface area contributed by atoms with Gasteiger partial charge in [0.05, 0.1) is 6.54 Å². The lowest BCUT2D eigenvalue weighted by molar-refractivity contribution is -0.128. The summed E-state index contributed by atoms with van der Waals surface area (Å²) in [6.45, 7) is 1.66. The predicted molar refractivity (Wildman–Crippen MR) is 56.6 cm³/mol. The normalized spacial score (nSPS) is 19.8. The summed E-state index contributed by atoms with van der Waals surface area (Å²) in [5, 5.41) is 6.33. The molecule has 1 aliphatic heterocycles. The van der Waals surface area contributed by atoms with Gasteiger partial charge in [-0.15, -0.1) is 0 Å². The second-order valence-electron chi connectivity index (χ2n) is 4.02. The summed E-state index contributed by atoms with van der Waals surface area (Å²) in [4.78, 5) is 27.9. The summed E-state index contributed by atoms with van der Waals surface area (Å²) < 4.78 is 5.09. The van der Waals surface area contributed by atoms with Gasteiger partial charge in [0.25, 0.3) is 0 Å². The van der Waals surface area contributed by atoms with Crippen molar-refractivity contribution in [1.82, 2.24) is 20.4 Å². The Morgan fingerprint density at radius 1 is 1.65 bits per heavy atom. The van der Waals surface area contributed by atoms with Crippen molar-refractivity contribution in [2.45, 2.75) is 32.4 Å². The molecule has 0 spiro atoms. The maximum atomic E-state index is 11.4. The largest absolute Gasteiger partial charge is 0.349 e. The number of rotatable bonds is 3. The highest BCUT2D eigenvalue weighted by Gasteiger charge is 2.33. The van der Waals surface area contributed by atoms with Crippen LogP contribution in [-0.2, 0) is 16.1 Å². The number of likely N-dealkylation sites (tertiary alicyclic amines) is 1. The van der Waals surface area contributed by atoms with E-state index >= 15 is 0 Å². The van der Waals surface area contributed by atoms with Crippen LogP contribution in [0.15, 0.2) is 4.52 Å². The second kappa shape index (κ2) is 4.52. The molecule has 2 heterocycles. The Bertz CT molecular complexity index is 443. The number of carbonyl (C=O) groups is 2. The first kappa shape index (κ1) is 11.6. The van der Waals surface area contributed by atoms with Crippen molar-refractivity contribution >= 4 is 11.8 Å². The molecular weight excluding hydrogens is 224 g/mol. The van der Waals surface area contributed by atoms with Crippen molar-refractivity contribution in [3.05, 3.63) is 11.7 Å². The summed E-state index contributed by atoms with van der Waals surface area (Å²) in [5.74, 6) is 0.780. The molecule has 1 atom stereocenters. The van der Waals surface area contributed by atoms with Gasteiger partial charge in [-0.25, -0.2) is 0 Å². The molecule has 1 saturated heterocycles. The molecule has 0 radical (unpaired) electrons. The third kappa shape index (κ3) is 2.43. The quantitative estimate of drug-likeness (QED) is 0.800. The lowest BCUT2D eigenvalue weighted by Gasteiger charge is -2.14. The van der Waals surface area contributed by atoms with E-state index in [0.717, 1.165) is 0 Å². The van der Waals surface area contributed by atoms with Gasteiger partial charge >= 0.3 is 0 Å². The van der Waals surface area contributed by atoms with E-state index in [4.69, 9.17) is 4.52 Å². The Morgan fingerprint density at radius 3 is 3.00 bits per heavy atom. The lowest BCUT2D eigenvalue weighted by atomic mass is 10.2. The molecule has 0 unspecified atom stereocenters. The van der Waals surface area contributed by atoms with E-state index in [1.807, 2.05) is 0 Å². The van der Waals surface area contributed by atoms with Gasteiger partial charge < -0.3 is 14.7 Å². The van der Waals surface area contributed by atoms with Crippen molar-refractivity contribution in [2.24, 2.45) is 0 Å². The standard InChI is InChI=1S/C10H14N4O3/c1-6(15)11-5-8-12-10(17-13-8)7-3-4-9(16)14(7)2/h7H,3-5H2,1-2H3,(H,11,15)/t7-/m0/s1. The number of amides is 2. The van der Waals surface area contributed by atoms with Crippen LogP contribution in [-0.4, -0.2) is 33.9 Å². The summed E-state index contributed by atoms with van der Waals surface area (Å²) in [6, 6.07) is -0.138. The van der Waals surface area contributed by atoms with Crippen molar-refractivity contribution in [2.75, 3.05) is 7.05 Å². The molecule has 0 saturated carbocycles. The molecule has 92 valence electrons. The first-order chi connectivity index (χ1) is 8.08. The number of carbonyl (C=O) groups excluding carboxylic acids is 2. The molecular formula is C10H14N4O3. The number of hydrogen-bond acceptors (Lipinski definition) is 5. The third-order valence-corrected chi connectivity index (χ3v) is 2.76. The van der Waals surface area contributed by atoms with Crippen LogP contribution in [0.4, 0.5) is 0 Å². The SMILES string of the molecule is CC(=O)NCc1noc([C@@H]2CCC(=O)N2C)n1. The Labute approximate surface area is 98.2 Å². The summed E-state index contributed by atoms with van der Waals surface area (Å²) in [7, 11) is 1.72. The molecule has 0 bridgehead atoms. The van der Waals surface area contributed by atoms with E-state index in [1.54, 1.807) is 11.9 Å². The van der Waals surface area contributed by atoms with Gasteiger partial charge in [0.1, 0.15) is 6.04 Å². The molecule has 1 N–H and O–H groups in total. The summed E-state index contributed by atoms with van der Waals surface area (Å²) in [6.07, 6.45) is 1.20. The molecule has 7 heteroatoms.